The molecule has 0 heterocycles. The van der Waals surface area contributed by atoms with Crippen LogP contribution in [0, 0.1) is 11.3 Å². The number of nitrogens with zero attached hydrogens (tertiary/aromatic N) is 1. The molecule has 3 N–H and O–H groups in total. The summed E-state index contributed by atoms with van der Waals surface area (Å²) in [6, 6.07) is 13.4. The first-order chi connectivity index (χ1) is 9.92. The van der Waals surface area contributed by atoms with Crippen molar-refractivity contribution >= 4 is 31.6 Å². The molecule has 108 valence electrons. The second-order valence-electron chi connectivity index (χ2n) is 4.32. The van der Waals surface area contributed by atoms with Crippen LogP contribution in [0.5, 0.6) is 0 Å². The topological polar surface area (TPSA) is 96.0 Å². The SMILES string of the molecule is N#Cc1cccc(CNS(=O)(=O)c2cc(Br)ccc2N)c1. The van der Waals surface area contributed by atoms with Gasteiger partial charge in [0.1, 0.15) is 4.90 Å². The Hall–Kier alpha value is -1.88. The lowest BCUT2D eigenvalue weighted by Crippen LogP contribution is -2.24. The van der Waals surface area contributed by atoms with Crippen molar-refractivity contribution in [1.82, 2.24) is 4.72 Å². The van der Waals surface area contributed by atoms with Crippen LogP contribution in [-0.2, 0) is 16.6 Å². The van der Waals surface area contributed by atoms with E-state index in [-0.39, 0.29) is 17.1 Å². The molecule has 0 aliphatic carbocycles. The van der Waals surface area contributed by atoms with Gasteiger partial charge >= 0.3 is 0 Å². The molecule has 5 nitrogen and oxygen atoms in total. The summed E-state index contributed by atoms with van der Waals surface area (Å²) < 4.78 is 27.6. The van der Waals surface area contributed by atoms with Gasteiger partial charge in [0.25, 0.3) is 0 Å². The first kappa shape index (κ1) is 15.5. The zero-order valence-corrected chi connectivity index (χ0v) is 13.3. The Labute approximate surface area is 131 Å². The van der Waals surface area contributed by atoms with Gasteiger partial charge in [0.05, 0.1) is 17.3 Å². The van der Waals surface area contributed by atoms with Crippen LogP contribution in [0.25, 0.3) is 0 Å². The van der Waals surface area contributed by atoms with Crippen LogP contribution in [0.15, 0.2) is 51.8 Å². The number of halogens is 1. The van der Waals surface area contributed by atoms with E-state index in [9.17, 15) is 8.42 Å². The van der Waals surface area contributed by atoms with Gasteiger partial charge < -0.3 is 5.73 Å². The minimum absolute atomic E-state index is 0.0216. The molecule has 0 bridgehead atoms. The number of hydrogen-bond acceptors (Lipinski definition) is 4. The molecule has 0 aliphatic rings. The quantitative estimate of drug-likeness (QED) is 0.812. The number of nitrogens with one attached hydrogen (secondary N) is 1. The van der Waals surface area contributed by atoms with Crippen LogP contribution in [0.1, 0.15) is 11.1 Å². The maximum Gasteiger partial charge on any atom is 0.242 e. The van der Waals surface area contributed by atoms with Crippen LogP contribution in [0.2, 0.25) is 0 Å². The first-order valence-electron chi connectivity index (χ1n) is 5.96. The summed E-state index contributed by atoms with van der Waals surface area (Å²) in [7, 11) is -3.72. The monoisotopic (exact) mass is 365 g/mol. The van der Waals surface area contributed by atoms with E-state index in [1.165, 1.54) is 12.1 Å². The number of anilines is 1. The minimum Gasteiger partial charge on any atom is -0.398 e. The van der Waals surface area contributed by atoms with Crippen LogP contribution in [0.3, 0.4) is 0 Å². The van der Waals surface area contributed by atoms with Crippen molar-refractivity contribution in [1.29, 1.82) is 5.26 Å². The Bertz CT molecular complexity index is 813. The molecule has 0 radical (unpaired) electrons. The summed E-state index contributed by atoms with van der Waals surface area (Å²) in [5.74, 6) is 0. The van der Waals surface area contributed by atoms with Gasteiger partial charge in [-0.2, -0.15) is 5.26 Å². The third kappa shape index (κ3) is 3.82. The molecule has 7 heteroatoms. The maximum absolute atomic E-state index is 12.3. The normalized spacial score (nSPS) is 11.0. The van der Waals surface area contributed by atoms with E-state index in [4.69, 9.17) is 11.0 Å². The third-order valence-corrected chi connectivity index (χ3v) is 4.74. The van der Waals surface area contributed by atoms with Gasteiger partial charge in [-0.25, -0.2) is 13.1 Å². The van der Waals surface area contributed by atoms with E-state index in [0.29, 0.717) is 15.6 Å². The molecular weight excluding hydrogens is 354 g/mol. The predicted octanol–water partition coefficient (Wildman–Crippen LogP) is 2.38. The number of sulfonamides is 1. The molecule has 2 aromatic rings. The van der Waals surface area contributed by atoms with Crippen molar-refractivity contribution < 1.29 is 8.42 Å². The molecule has 2 aromatic carbocycles. The minimum atomic E-state index is -3.72. The first-order valence-corrected chi connectivity index (χ1v) is 8.24. The number of benzene rings is 2. The second kappa shape index (κ2) is 6.26. The predicted molar refractivity (Wildman–Crippen MR) is 83.7 cm³/mol. The molecular formula is C14H12BrN3O2S. The lowest BCUT2D eigenvalue weighted by molar-refractivity contribution is 0.581. The van der Waals surface area contributed by atoms with Crippen molar-refractivity contribution in [3.8, 4) is 6.07 Å². The average Bonchev–Trinajstić information content (AvgIpc) is 2.48. The van der Waals surface area contributed by atoms with Crippen molar-refractivity contribution in [2.75, 3.05) is 5.73 Å². The summed E-state index contributed by atoms with van der Waals surface area (Å²) in [6.07, 6.45) is 0. The Morgan fingerprint density at radius 3 is 2.71 bits per heavy atom. The molecule has 2 rings (SSSR count). The van der Waals surface area contributed by atoms with E-state index in [1.807, 2.05) is 6.07 Å². The third-order valence-electron chi connectivity index (χ3n) is 2.79. The molecule has 0 aromatic heterocycles. The summed E-state index contributed by atoms with van der Waals surface area (Å²) in [4.78, 5) is 0.0216. The fraction of sp³-hybridized carbons (Fsp3) is 0.0714. The summed E-state index contributed by atoms with van der Waals surface area (Å²) in [6.45, 7) is 0.0871. The highest BCUT2D eigenvalue weighted by molar-refractivity contribution is 9.10. The van der Waals surface area contributed by atoms with Crippen molar-refractivity contribution in [3.63, 3.8) is 0 Å². The summed E-state index contributed by atoms with van der Waals surface area (Å²) in [5, 5.41) is 8.82. The van der Waals surface area contributed by atoms with Crippen LogP contribution < -0.4 is 10.5 Å². The number of nitrogens with two attached hydrogens (primary N) is 1. The lowest BCUT2D eigenvalue weighted by Gasteiger charge is -2.09. The number of nitriles is 1. The molecule has 0 fully saturated rings. The molecule has 0 saturated heterocycles. The van der Waals surface area contributed by atoms with E-state index in [1.54, 1.807) is 30.3 Å². The smallest absolute Gasteiger partial charge is 0.242 e. The van der Waals surface area contributed by atoms with Crippen molar-refractivity contribution in [3.05, 3.63) is 58.1 Å². The fourth-order valence-electron chi connectivity index (χ4n) is 1.75. The van der Waals surface area contributed by atoms with Gasteiger partial charge in [0, 0.05) is 11.0 Å². The van der Waals surface area contributed by atoms with Gasteiger partial charge in [-0.15, -0.1) is 0 Å². The highest BCUT2D eigenvalue weighted by Gasteiger charge is 2.17. The molecule has 0 spiro atoms. The number of rotatable bonds is 4. The molecule has 0 atom stereocenters. The Balaban J connectivity index is 2.22. The zero-order valence-electron chi connectivity index (χ0n) is 10.9. The highest BCUT2D eigenvalue weighted by atomic mass is 79.9. The maximum atomic E-state index is 12.3. The second-order valence-corrected chi connectivity index (χ2v) is 6.97. The van der Waals surface area contributed by atoms with Gasteiger partial charge in [-0.3, -0.25) is 0 Å². The van der Waals surface area contributed by atoms with Gasteiger partial charge in [0.15, 0.2) is 0 Å². The molecule has 0 unspecified atom stereocenters. The van der Waals surface area contributed by atoms with Crippen LogP contribution >= 0.6 is 15.9 Å². The molecule has 0 aliphatic heterocycles. The summed E-state index contributed by atoms with van der Waals surface area (Å²) in [5.41, 5.74) is 7.06. The standard InChI is InChI=1S/C14H12BrN3O2S/c15-12-4-5-13(17)14(7-12)21(19,20)18-9-11-3-1-2-10(6-11)8-16/h1-7,18H,9,17H2. The average molecular weight is 366 g/mol. The van der Waals surface area contributed by atoms with Gasteiger partial charge in [-0.05, 0) is 35.9 Å². The molecule has 0 amide bonds. The van der Waals surface area contributed by atoms with Crippen molar-refractivity contribution in [2.24, 2.45) is 0 Å². The molecule has 21 heavy (non-hydrogen) atoms. The van der Waals surface area contributed by atoms with E-state index >= 15 is 0 Å². The largest absolute Gasteiger partial charge is 0.398 e. The van der Waals surface area contributed by atoms with Gasteiger partial charge in [0.2, 0.25) is 10.0 Å². The highest BCUT2D eigenvalue weighted by Crippen LogP contribution is 2.23. The molecule has 0 saturated carbocycles. The Morgan fingerprint density at radius 2 is 2.00 bits per heavy atom. The Kier molecular flexibility index (Phi) is 4.63. The van der Waals surface area contributed by atoms with Crippen LogP contribution in [-0.4, -0.2) is 8.42 Å². The van der Waals surface area contributed by atoms with Crippen LogP contribution in [0.4, 0.5) is 5.69 Å². The number of hydrogen-bond donors (Lipinski definition) is 2. The zero-order chi connectivity index (χ0) is 15.5. The van der Waals surface area contributed by atoms with Gasteiger partial charge in [-0.1, -0.05) is 28.1 Å². The van der Waals surface area contributed by atoms with Crippen molar-refractivity contribution in [2.45, 2.75) is 11.4 Å². The van der Waals surface area contributed by atoms with E-state index in [0.717, 1.165) is 0 Å². The lowest BCUT2D eigenvalue weighted by atomic mass is 10.1. The van der Waals surface area contributed by atoms with E-state index < -0.39 is 10.0 Å². The fourth-order valence-corrected chi connectivity index (χ4v) is 3.43. The van der Waals surface area contributed by atoms with E-state index in [2.05, 4.69) is 20.7 Å². The summed E-state index contributed by atoms with van der Waals surface area (Å²) >= 11 is 3.22. The Morgan fingerprint density at radius 1 is 1.24 bits per heavy atom. The number of nitrogen functional groups attached to an aromatic ring is 1.